The molecule has 0 spiro atoms. The minimum absolute atomic E-state index is 0.0153. The predicted octanol–water partition coefficient (Wildman–Crippen LogP) is 3.96. The molecule has 1 heterocycles. The lowest BCUT2D eigenvalue weighted by molar-refractivity contribution is -0.133. The number of furan rings is 1. The number of carbonyl (C=O) groups is 2. The van der Waals surface area contributed by atoms with Crippen LogP contribution in [-0.4, -0.2) is 36.9 Å². The number of rotatable bonds is 7. The summed E-state index contributed by atoms with van der Waals surface area (Å²) in [5.74, 6) is 0.220. The van der Waals surface area contributed by atoms with Crippen molar-refractivity contribution in [1.82, 2.24) is 4.90 Å². The van der Waals surface area contributed by atoms with Crippen molar-refractivity contribution in [2.24, 2.45) is 0 Å². The quantitative estimate of drug-likeness (QED) is 0.645. The van der Waals surface area contributed by atoms with Crippen LogP contribution in [0.4, 0.5) is 5.69 Å². The van der Waals surface area contributed by atoms with Crippen molar-refractivity contribution in [3.63, 3.8) is 0 Å². The number of amides is 2. The van der Waals surface area contributed by atoms with Crippen LogP contribution in [0, 0.1) is 0 Å². The number of benzene rings is 2. The van der Waals surface area contributed by atoms with Crippen molar-refractivity contribution in [2.45, 2.75) is 32.6 Å². The number of hydrogen-bond donors (Lipinski definition) is 1. The molecule has 6 heteroatoms. The topological polar surface area (TPSA) is 71.8 Å². The summed E-state index contributed by atoms with van der Waals surface area (Å²) >= 11 is 0. The Labute approximate surface area is 175 Å². The molecule has 0 saturated carbocycles. The minimum Gasteiger partial charge on any atom is -0.495 e. The molecule has 1 aliphatic rings. The highest BCUT2D eigenvalue weighted by atomic mass is 16.5. The SMILES string of the molecule is CCN(CC(=O)Nc1ccccc1OC)C(=O)Cc1coc2cc3c(cc12)CCC3. The summed E-state index contributed by atoms with van der Waals surface area (Å²) in [6.45, 7) is 2.30. The van der Waals surface area contributed by atoms with Gasteiger partial charge in [-0.2, -0.15) is 0 Å². The smallest absolute Gasteiger partial charge is 0.244 e. The number of hydrogen-bond acceptors (Lipinski definition) is 4. The Morgan fingerprint density at radius 2 is 1.93 bits per heavy atom. The molecule has 3 aromatic rings. The van der Waals surface area contributed by atoms with Gasteiger partial charge in [-0.1, -0.05) is 12.1 Å². The summed E-state index contributed by atoms with van der Waals surface area (Å²) in [5.41, 5.74) is 4.98. The number of fused-ring (bicyclic) bond motifs is 2. The fourth-order valence-corrected chi connectivity index (χ4v) is 4.05. The minimum atomic E-state index is -0.260. The monoisotopic (exact) mass is 406 g/mol. The highest BCUT2D eigenvalue weighted by Gasteiger charge is 2.20. The predicted molar refractivity (Wildman–Crippen MR) is 116 cm³/mol. The summed E-state index contributed by atoms with van der Waals surface area (Å²) in [6, 6.07) is 11.5. The van der Waals surface area contributed by atoms with Gasteiger partial charge in [0.1, 0.15) is 11.3 Å². The van der Waals surface area contributed by atoms with E-state index in [1.165, 1.54) is 17.5 Å². The molecule has 2 aromatic carbocycles. The maximum atomic E-state index is 12.9. The second-order valence-corrected chi connectivity index (χ2v) is 7.56. The maximum Gasteiger partial charge on any atom is 0.244 e. The number of ether oxygens (including phenoxy) is 1. The van der Waals surface area contributed by atoms with Gasteiger partial charge in [-0.15, -0.1) is 0 Å². The summed E-state index contributed by atoms with van der Waals surface area (Å²) in [4.78, 5) is 27.0. The number of para-hydroxylation sites is 2. The zero-order chi connectivity index (χ0) is 21.1. The third-order valence-electron chi connectivity index (χ3n) is 5.66. The lowest BCUT2D eigenvalue weighted by Gasteiger charge is -2.20. The van der Waals surface area contributed by atoms with Gasteiger partial charge in [0, 0.05) is 17.5 Å². The second-order valence-electron chi connectivity index (χ2n) is 7.56. The molecule has 156 valence electrons. The fraction of sp³-hybridized carbons (Fsp3) is 0.333. The molecule has 1 aliphatic carbocycles. The highest BCUT2D eigenvalue weighted by Crippen LogP contribution is 2.30. The van der Waals surface area contributed by atoms with Gasteiger partial charge in [0.2, 0.25) is 11.8 Å². The summed E-state index contributed by atoms with van der Waals surface area (Å²) < 4.78 is 11.0. The first-order valence-corrected chi connectivity index (χ1v) is 10.3. The molecule has 0 bridgehead atoms. The van der Waals surface area contributed by atoms with Gasteiger partial charge in [0.05, 0.1) is 32.0 Å². The Kier molecular flexibility index (Phi) is 5.74. The van der Waals surface area contributed by atoms with E-state index in [4.69, 9.17) is 9.15 Å². The summed E-state index contributed by atoms with van der Waals surface area (Å²) in [6.07, 6.45) is 5.21. The van der Waals surface area contributed by atoms with E-state index in [2.05, 4.69) is 17.4 Å². The van der Waals surface area contributed by atoms with Gasteiger partial charge < -0.3 is 19.4 Å². The largest absolute Gasteiger partial charge is 0.495 e. The van der Waals surface area contributed by atoms with Gasteiger partial charge in [-0.05, 0) is 61.6 Å². The van der Waals surface area contributed by atoms with Gasteiger partial charge in [-0.25, -0.2) is 0 Å². The van der Waals surface area contributed by atoms with Crippen molar-refractivity contribution < 1.29 is 18.7 Å². The fourth-order valence-electron chi connectivity index (χ4n) is 4.05. The number of likely N-dealkylation sites (N-methyl/N-ethyl adjacent to an activating group) is 1. The van der Waals surface area contributed by atoms with Crippen molar-refractivity contribution in [1.29, 1.82) is 0 Å². The molecule has 0 radical (unpaired) electrons. The van der Waals surface area contributed by atoms with Gasteiger partial charge in [0.15, 0.2) is 0 Å². The Morgan fingerprint density at radius 1 is 1.17 bits per heavy atom. The first-order chi connectivity index (χ1) is 14.6. The average molecular weight is 406 g/mol. The van der Waals surface area contributed by atoms with E-state index >= 15 is 0 Å². The number of anilines is 1. The lowest BCUT2D eigenvalue weighted by atomic mass is 10.0. The molecule has 1 aromatic heterocycles. The lowest BCUT2D eigenvalue weighted by Crippen LogP contribution is -2.38. The number of nitrogens with one attached hydrogen (secondary N) is 1. The molecular formula is C24H26N2O4. The maximum absolute atomic E-state index is 12.9. The first-order valence-electron chi connectivity index (χ1n) is 10.3. The van der Waals surface area contributed by atoms with E-state index in [9.17, 15) is 9.59 Å². The van der Waals surface area contributed by atoms with Crippen LogP contribution in [0.25, 0.3) is 11.0 Å². The average Bonchev–Trinajstić information content (AvgIpc) is 3.37. The zero-order valence-electron chi connectivity index (χ0n) is 17.4. The summed E-state index contributed by atoms with van der Waals surface area (Å²) in [5, 5.41) is 3.82. The molecule has 0 fully saturated rings. The molecule has 1 N–H and O–H groups in total. The standard InChI is InChI=1S/C24H26N2O4/c1-3-26(14-23(27)25-20-9-4-5-10-21(20)29-2)24(28)13-18-15-30-22-12-17-8-6-7-16(17)11-19(18)22/h4-5,9-12,15H,3,6-8,13-14H2,1-2H3,(H,25,27). The van der Waals surface area contributed by atoms with Crippen LogP contribution in [0.15, 0.2) is 47.1 Å². The number of carbonyl (C=O) groups excluding carboxylic acids is 2. The van der Waals surface area contributed by atoms with Crippen molar-refractivity contribution in [3.05, 3.63) is 59.4 Å². The van der Waals surface area contributed by atoms with Crippen molar-refractivity contribution >= 4 is 28.5 Å². The molecule has 0 atom stereocenters. The normalized spacial score (nSPS) is 12.6. The number of methoxy groups -OCH3 is 1. The molecular weight excluding hydrogens is 380 g/mol. The highest BCUT2D eigenvalue weighted by molar-refractivity contribution is 5.96. The van der Waals surface area contributed by atoms with Crippen LogP contribution in [0.5, 0.6) is 5.75 Å². The molecule has 0 unspecified atom stereocenters. The molecule has 30 heavy (non-hydrogen) atoms. The third kappa shape index (κ3) is 4.03. The molecule has 0 saturated heterocycles. The summed E-state index contributed by atoms with van der Waals surface area (Å²) in [7, 11) is 1.55. The van der Waals surface area contributed by atoms with Gasteiger partial charge in [0.25, 0.3) is 0 Å². The van der Waals surface area contributed by atoms with Crippen LogP contribution in [0.1, 0.15) is 30.0 Å². The van der Waals surface area contributed by atoms with E-state index < -0.39 is 0 Å². The van der Waals surface area contributed by atoms with Crippen molar-refractivity contribution in [2.75, 3.05) is 25.5 Å². The second kappa shape index (κ2) is 8.61. The zero-order valence-corrected chi connectivity index (χ0v) is 17.4. The van der Waals surface area contributed by atoms with E-state index in [1.54, 1.807) is 30.4 Å². The van der Waals surface area contributed by atoms with Crippen LogP contribution >= 0.6 is 0 Å². The van der Waals surface area contributed by atoms with Crippen molar-refractivity contribution in [3.8, 4) is 5.75 Å². The number of nitrogens with zero attached hydrogens (tertiary/aromatic N) is 1. The van der Waals surface area contributed by atoms with Crippen LogP contribution in [0.2, 0.25) is 0 Å². The third-order valence-corrected chi connectivity index (χ3v) is 5.66. The van der Waals surface area contributed by atoms with E-state index in [1.807, 2.05) is 19.1 Å². The molecule has 0 aliphatic heterocycles. The van der Waals surface area contributed by atoms with E-state index in [0.29, 0.717) is 18.0 Å². The molecule has 6 nitrogen and oxygen atoms in total. The molecule has 2 amide bonds. The van der Waals surface area contributed by atoms with E-state index in [0.717, 1.165) is 29.4 Å². The van der Waals surface area contributed by atoms with Crippen LogP contribution < -0.4 is 10.1 Å². The van der Waals surface area contributed by atoms with E-state index in [-0.39, 0.29) is 24.8 Å². The first kappa shape index (κ1) is 20.0. The van der Waals surface area contributed by atoms with Crippen LogP contribution in [-0.2, 0) is 28.9 Å². The van der Waals surface area contributed by atoms with Crippen LogP contribution in [0.3, 0.4) is 0 Å². The Hall–Kier alpha value is -3.28. The Bertz CT molecular complexity index is 1090. The number of aryl methyl sites for hydroxylation is 2. The Balaban J connectivity index is 1.44. The van der Waals surface area contributed by atoms with Gasteiger partial charge in [-0.3, -0.25) is 9.59 Å². The van der Waals surface area contributed by atoms with Gasteiger partial charge >= 0.3 is 0 Å². The molecule has 4 rings (SSSR count). The Morgan fingerprint density at radius 3 is 2.70 bits per heavy atom.